The Morgan fingerprint density at radius 2 is 2.16 bits per heavy atom. The lowest BCUT2D eigenvalue weighted by Crippen LogP contribution is -2.13. The summed E-state index contributed by atoms with van der Waals surface area (Å²) in [4.78, 5) is 17.5. The molecule has 1 aromatic carbocycles. The van der Waals surface area contributed by atoms with E-state index in [0.717, 1.165) is 38.4 Å². The van der Waals surface area contributed by atoms with Gasteiger partial charge < -0.3 is 9.30 Å². The Hall–Kier alpha value is -3.85. The molecule has 1 N–H and O–H groups in total. The second-order valence-corrected chi connectivity index (χ2v) is 7.90. The maximum atomic E-state index is 12.6. The number of ether oxygens (including phenoxy) is 1. The maximum Gasteiger partial charge on any atom is 0.273 e. The molecule has 8 nitrogen and oxygen atoms in total. The number of amides is 1. The predicted octanol–water partition coefficient (Wildman–Crippen LogP) is 3.23. The monoisotopic (exact) mass is 430 g/mol. The fourth-order valence-corrected chi connectivity index (χ4v) is 4.23. The number of rotatable bonds is 5. The van der Waals surface area contributed by atoms with Crippen molar-refractivity contribution in [2.24, 2.45) is 12.1 Å². The van der Waals surface area contributed by atoms with Crippen molar-refractivity contribution in [1.82, 2.24) is 24.6 Å². The van der Waals surface area contributed by atoms with Gasteiger partial charge >= 0.3 is 0 Å². The van der Waals surface area contributed by atoms with Gasteiger partial charge in [-0.1, -0.05) is 16.6 Å². The first kappa shape index (κ1) is 19.1. The van der Waals surface area contributed by atoms with E-state index >= 15 is 0 Å². The van der Waals surface area contributed by atoms with E-state index in [-0.39, 0.29) is 5.91 Å². The molecule has 0 radical (unpaired) electrons. The molecule has 0 atom stereocenters. The fourth-order valence-electron chi connectivity index (χ4n) is 3.57. The fraction of sp³-hybridized carbons (Fsp3) is 0.136. The molecule has 0 aliphatic carbocycles. The highest BCUT2D eigenvalue weighted by atomic mass is 32.1. The van der Waals surface area contributed by atoms with Crippen molar-refractivity contribution in [3.63, 3.8) is 0 Å². The zero-order valence-electron chi connectivity index (χ0n) is 16.9. The topological polar surface area (TPSA) is 94.3 Å². The van der Waals surface area contributed by atoms with Gasteiger partial charge in [0.1, 0.15) is 18.1 Å². The van der Waals surface area contributed by atoms with Gasteiger partial charge in [0.15, 0.2) is 0 Å². The number of hydrazone groups is 1. The average Bonchev–Trinajstić information content (AvgIpc) is 3.46. The number of hydrogen-bond donors (Lipinski definition) is 1. The molecule has 154 valence electrons. The SMILES string of the molecule is Cc1nnsc1C1=NNC(=O)/C1=C\c1cn(C)c2cccc(OCc3cccnc3)c12. The van der Waals surface area contributed by atoms with Crippen LogP contribution in [0.3, 0.4) is 0 Å². The molecule has 31 heavy (non-hydrogen) atoms. The van der Waals surface area contributed by atoms with E-state index in [1.807, 2.05) is 61.1 Å². The lowest BCUT2D eigenvalue weighted by Gasteiger charge is -2.09. The summed E-state index contributed by atoms with van der Waals surface area (Å²) in [7, 11) is 1.97. The molecule has 4 aromatic rings. The number of carbonyl (C=O) groups excluding carboxylic acids is 1. The highest BCUT2D eigenvalue weighted by Gasteiger charge is 2.27. The molecule has 0 unspecified atom stereocenters. The summed E-state index contributed by atoms with van der Waals surface area (Å²) in [6.07, 6.45) is 7.35. The van der Waals surface area contributed by atoms with Crippen molar-refractivity contribution < 1.29 is 9.53 Å². The molecule has 9 heteroatoms. The summed E-state index contributed by atoms with van der Waals surface area (Å²) < 4.78 is 12.1. The molecule has 0 bridgehead atoms. The normalized spacial score (nSPS) is 14.8. The van der Waals surface area contributed by atoms with Crippen molar-refractivity contribution in [3.8, 4) is 5.75 Å². The summed E-state index contributed by atoms with van der Waals surface area (Å²) in [5.41, 5.74) is 7.19. The van der Waals surface area contributed by atoms with Crippen molar-refractivity contribution in [2.75, 3.05) is 0 Å². The number of nitrogens with zero attached hydrogens (tertiary/aromatic N) is 5. The maximum absolute atomic E-state index is 12.6. The lowest BCUT2D eigenvalue weighted by molar-refractivity contribution is -0.116. The van der Waals surface area contributed by atoms with E-state index in [2.05, 4.69) is 25.1 Å². The first-order valence-corrected chi connectivity index (χ1v) is 10.4. The van der Waals surface area contributed by atoms with E-state index in [1.54, 1.807) is 12.4 Å². The molecular formula is C22H18N6O2S. The third-order valence-corrected chi connectivity index (χ3v) is 5.89. The number of aryl methyl sites for hydroxylation is 2. The summed E-state index contributed by atoms with van der Waals surface area (Å²) in [6, 6.07) is 9.77. The van der Waals surface area contributed by atoms with Crippen molar-refractivity contribution in [3.05, 3.63) is 76.2 Å². The number of carbonyl (C=O) groups is 1. The molecule has 1 aliphatic rings. The van der Waals surface area contributed by atoms with Gasteiger partial charge in [-0.3, -0.25) is 9.78 Å². The number of fused-ring (bicyclic) bond motifs is 1. The van der Waals surface area contributed by atoms with E-state index in [1.165, 1.54) is 11.5 Å². The Balaban J connectivity index is 1.58. The Bertz CT molecular complexity index is 1350. The van der Waals surface area contributed by atoms with Crippen LogP contribution in [0.1, 0.15) is 21.7 Å². The van der Waals surface area contributed by atoms with Gasteiger partial charge in [-0.2, -0.15) is 5.10 Å². The highest BCUT2D eigenvalue weighted by Crippen LogP contribution is 2.33. The Morgan fingerprint density at radius 3 is 2.94 bits per heavy atom. The average molecular weight is 430 g/mol. The molecule has 3 aromatic heterocycles. The summed E-state index contributed by atoms with van der Waals surface area (Å²) in [5, 5.41) is 9.19. The zero-order chi connectivity index (χ0) is 21.4. The minimum atomic E-state index is -0.256. The molecule has 0 fully saturated rings. The second kappa shape index (κ2) is 7.77. The van der Waals surface area contributed by atoms with Crippen LogP contribution in [0.15, 0.2) is 59.6 Å². The summed E-state index contributed by atoms with van der Waals surface area (Å²) in [5.74, 6) is 0.481. The molecule has 0 saturated carbocycles. The van der Waals surface area contributed by atoms with E-state index in [9.17, 15) is 4.79 Å². The van der Waals surface area contributed by atoms with Crippen LogP contribution in [0, 0.1) is 6.92 Å². The minimum absolute atomic E-state index is 0.256. The Labute approximate surface area is 182 Å². The number of aromatic nitrogens is 4. The predicted molar refractivity (Wildman–Crippen MR) is 119 cm³/mol. The third kappa shape index (κ3) is 3.49. The van der Waals surface area contributed by atoms with E-state index < -0.39 is 0 Å². The van der Waals surface area contributed by atoms with Crippen molar-refractivity contribution in [2.45, 2.75) is 13.5 Å². The third-order valence-electron chi connectivity index (χ3n) is 5.06. The van der Waals surface area contributed by atoms with Crippen LogP contribution in [-0.2, 0) is 18.4 Å². The number of hydrogen-bond acceptors (Lipinski definition) is 7. The van der Waals surface area contributed by atoms with Crippen LogP contribution < -0.4 is 10.2 Å². The Morgan fingerprint density at radius 1 is 1.26 bits per heavy atom. The smallest absolute Gasteiger partial charge is 0.273 e. The van der Waals surface area contributed by atoms with Crippen LogP contribution >= 0.6 is 11.5 Å². The highest BCUT2D eigenvalue weighted by molar-refractivity contribution is 7.08. The van der Waals surface area contributed by atoms with Crippen LogP contribution in [0.2, 0.25) is 0 Å². The van der Waals surface area contributed by atoms with E-state index in [0.29, 0.717) is 17.9 Å². The molecule has 1 amide bonds. The summed E-state index contributed by atoms with van der Waals surface area (Å²) in [6.45, 7) is 2.25. The summed E-state index contributed by atoms with van der Waals surface area (Å²) >= 11 is 1.22. The van der Waals surface area contributed by atoms with Crippen molar-refractivity contribution >= 4 is 40.1 Å². The number of nitrogens with one attached hydrogen (secondary N) is 1. The molecule has 4 heterocycles. The van der Waals surface area contributed by atoms with Crippen LogP contribution in [-0.4, -0.2) is 30.8 Å². The largest absolute Gasteiger partial charge is 0.488 e. The van der Waals surface area contributed by atoms with Crippen LogP contribution in [0.4, 0.5) is 0 Å². The minimum Gasteiger partial charge on any atom is -0.488 e. The number of benzene rings is 1. The molecule has 1 aliphatic heterocycles. The molecular weight excluding hydrogens is 412 g/mol. The molecule has 0 saturated heterocycles. The Kier molecular flexibility index (Phi) is 4.79. The first-order valence-electron chi connectivity index (χ1n) is 9.61. The van der Waals surface area contributed by atoms with Gasteiger partial charge in [0.2, 0.25) is 0 Å². The van der Waals surface area contributed by atoms with Crippen LogP contribution in [0.25, 0.3) is 17.0 Å². The van der Waals surface area contributed by atoms with Gasteiger partial charge in [0.25, 0.3) is 5.91 Å². The molecule has 5 rings (SSSR count). The van der Waals surface area contributed by atoms with Gasteiger partial charge in [-0.15, -0.1) is 5.10 Å². The molecule has 0 spiro atoms. The van der Waals surface area contributed by atoms with Gasteiger partial charge in [0, 0.05) is 42.2 Å². The van der Waals surface area contributed by atoms with Crippen molar-refractivity contribution in [1.29, 1.82) is 0 Å². The standard InChI is InChI=1S/C22H18N6O2S/c1-13-21(31-27-24-13)20-16(22(29)26-25-20)9-15-11-28(2)17-6-3-7-18(19(15)17)30-12-14-5-4-8-23-10-14/h3-11H,12H2,1-2H3,(H,26,29)/b16-9-. The van der Waals surface area contributed by atoms with E-state index in [4.69, 9.17) is 4.74 Å². The zero-order valence-corrected chi connectivity index (χ0v) is 17.7. The number of pyridine rings is 1. The first-order chi connectivity index (χ1) is 15.1. The lowest BCUT2D eigenvalue weighted by atomic mass is 10.0. The van der Waals surface area contributed by atoms with Gasteiger partial charge in [0.05, 0.1) is 21.7 Å². The van der Waals surface area contributed by atoms with Crippen LogP contribution in [0.5, 0.6) is 5.75 Å². The van der Waals surface area contributed by atoms with Gasteiger partial charge in [-0.25, -0.2) is 5.43 Å². The van der Waals surface area contributed by atoms with Gasteiger partial charge in [-0.05, 0) is 42.7 Å². The second-order valence-electron chi connectivity index (χ2n) is 7.14. The quantitative estimate of drug-likeness (QED) is 0.491.